The highest BCUT2D eigenvalue weighted by molar-refractivity contribution is 7.47. The molecule has 0 saturated carbocycles. The molecule has 0 aliphatic carbocycles. The Labute approximate surface area is 612 Å². The van der Waals surface area contributed by atoms with Gasteiger partial charge in [-0.2, -0.15) is 0 Å². The Bertz CT molecular complexity index is 2470. The van der Waals surface area contributed by atoms with E-state index in [1.54, 1.807) is 0 Å². The van der Waals surface area contributed by atoms with Crippen molar-refractivity contribution in [1.29, 1.82) is 0 Å². The van der Waals surface area contributed by atoms with E-state index in [4.69, 9.17) is 32.3 Å². The third-order valence-corrected chi connectivity index (χ3v) is 17.6. The minimum atomic E-state index is -4.96. The van der Waals surface area contributed by atoms with Crippen LogP contribution < -0.4 is 0 Å². The first-order valence-electron chi connectivity index (χ1n) is 38.8. The molecular weight excluding hydrogens is 1310 g/mol. The van der Waals surface area contributed by atoms with E-state index in [1.807, 2.05) is 18.2 Å². The van der Waals surface area contributed by atoms with Crippen molar-refractivity contribution in [2.45, 2.75) is 309 Å². The largest absolute Gasteiger partial charge is 0.472 e. The minimum absolute atomic E-state index is 0.0368. The summed E-state index contributed by atoms with van der Waals surface area (Å²) in [6, 6.07) is 0. The van der Waals surface area contributed by atoms with Crippen molar-refractivity contribution < 1.29 is 75.8 Å². The highest BCUT2D eigenvalue weighted by atomic mass is 31.2. The van der Waals surface area contributed by atoms with Crippen molar-refractivity contribution >= 4 is 33.6 Å². The minimum Gasteiger partial charge on any atom is -0.463 e. The van der Waals surface area contributed by atoms with E-state index in [2.05, 4.69) is 161 Å². The monoisotopic (exact) mass is 1450 g/mol. The van der Waals surface area contributed by atoms with Gasteiger partial charge in [-0.1, -0.05) is 288 Å². The molecule has 0 spiro atoms. The fraction of sp³-hybridized carbons (Fsp3) is 0.651. The first kappa shape index (κ1) is 96.2. The third kappa shape index (κ3) is 76.1. The Morgan fingerprint density at radius 3 is 0.891 bits per heavy atom. The number of hydrogen-bond donors (Lipinski definition) is 4. The van der Waals surface area contributed by atoms with Gasteiger partial charge in [0.15, 0.2) is 6.10 Å². The van der Waals surface area contributed by atoms with Gasteiger partial charge in [0.25, 0.3) is 0 Å². The lowest BCUT2D eigenvalue weighted by Crippen LogP contribution is -2.30. The van der Waals surface area contributed by atoms with Gasteiger partial charge in [0, 0.05) is 19.3 Å². The van der Waals surface area contributed by atoms with E-state index in [0.29, 0.717) is 25.7 Å². The SMILES string of the molecule is CC/C=C\C/C=C\C/C=C\C/C=C\C/C=C\C/C=C\CCC(=O)OCC(COP(=O)(O)OCC(O)COP(=O)(O)OCC(O)COC(=O)CCCCCCCCCCCCC/C=C\C/C=C\C/C=C\C/C=C\CCCCC)OC(=O)CCCCCCCC/C=C\C/C=C\C/C=C\CCCCC. The molecule has 5 unspecified atom stereocenters. The smallest absolute Gasteiger partial charge is 0.463 e. The number of esters is 3. The van der Waals surface area contributed by atoms with Crippen molar-refractivity contribution in [3.05, 3.63) is 158 Å². The number of aliphatic hydroxyl groups is 2. The van der Waals surface area contributed by atoms with Crippen LogP contribution in [-0.2, 0) is 55.8 Å². The van der Waals surface area contributed by atoms with Crippen LogP contribution in [0.3, 0.4) is 0 Å². The van der Waals surface area contributed by atoms with Gasteiger partial charge in [-0.05, 0) is 141 Å². The number of aliphatic hydroxyl groups excluding tert-OH is 2. The molecule has 16 nitrogen and oxygen atoms in total. The molecule has 4 N–H and O–H groups in total. The maximum atomic E-state index is 13.0. The maximum Gasteiger partial charge on any atom is 0.472 e. The van der Waals surface area contributed by atoms with E-state index < -0.39 is 91.5 Å². The molecule has 0 aromatic carbocycles. The fourth-order valence-corrected chi connectivity index (χ4v) is 11.4. The average Bonchev–Trinajstić information content (AvgIpc) is 1.17. The molecule has 101 heavy (non-hydrogen) atoms. The van der Waals surface area contributed by atoms with Crippen LogP contribution in [-0.4, -0.2) is 95.9 Å². The maximum absolute atomic E-state index is 13.0. The number of rotatable bonds is 72. The number of allylic oxidation sites excluding steroid dienone is 26. The second kappa shape index (κ2) is 74.9. The predicted molar refractivity (Wildman–Crippen MR) is 417 cm³/mol. The Kier molecular flexibility index (Phi) is 71.3. The van der Waals surface area contributed by atoms with Crippen LogP contribution in [0.25, 0.3) is 0 Å². The number of carbonyl (C=O) groups is 3. The zero-order chi connectivity index (χ0) is 73.7. The summed E-state index contributed by atoms with van der Waals surface area (Å²) in [5.41, 5.74) is 0. The van der Waals surface area contributed by atoms with Crippen molar-refractivity contribution in [3.8, 4) is 0 Å². The predicted octanol–water partition coefficient (Wildman–Crippen LogP) is 22.6. The van der Waals surface area contributed by atoms with Crippen LogP contribution in [0, 0.1) is 0 Å². The van der Waals surface area contributed by atoms with Crippen LogP contribution in [0.4, 0.5) is 0 Å². The first-order chi connectivity index (χ1) is 49.2. The Morgan fingerprint density at radius 1 is 0.287 bits per heavy atom. The Hall–Kier alpha value is -4.83. The number of unbranched alkanes of at least 4 members (excludes halogenated alkanes) is 23. The Morgan fingerprint density at radius 2 is 0.545 bits per heavy atom. The lowest BCUT2D eigenvalue weighted by molar-refractivity contribution is -0.161. The number of hydrogen-bond acceptors (Lipinski definition) is 14. The summed E-state index contributed by atoms with van der Waals surface area (Å²) < 4.78 is 61.0. The summed E-state index contributed by atoms with van der Waals surface area (Å²) in [4.78, 5) is 58.6. The van der Waals surface area contributed by atoms with Gasteiger partial charge in [0.2, 0.25) is 0 Å². The molecule has 0 fully saturated rings. The zero-order valence-corrected chi connectivity index (χ0v) is 64.6. The topological polar surface area (TPSA) is 231 Å². The molecule has 5 atom stereocenters. The quantitative estimate of drug-likeness (QED) is 0.0146. The summed E-state index contributed by atoms with van der Waals surface area (Å²) in [6.45, 7) is 2.40. The molecule has 576 valence electrons. The van der Waals surface area contributed by atoms with E-state index in [1.165, 1.54) is 89.9 Å². The molecule has 0 aliphatic rings. The molecule has 0 aliphatic heterocycles. The lowest BCUT2D eigenvalue weighted by Gasteiger charge is -2.21. The Balaban J connectivity index is 4.68. The molecule has 18 heteroatoms. The van der Waals surface area contributed by atoms with Crippen molar-refractivity contribution in [2.75, 3.05) is 39.6 Å². The van der Waals surface area contributed by atoms with E-state index >= 15 is 0 Å². The van der Waals surface area contributed by atoms with Gasteiger partial charge >= 0.3 is 33.6 Å². The van der Waals surface area contributed by atoms with Gasteiger partial charge < -0.3 is 34.2 Å². The van der Waals surface area contributed by atoms with Gasteiger partial charge in [-0.25, -0.2) is 9.13 Å². The van der Waals surface area contributed by atoms with Gasteiger partial charge in [0.1, 0.15) is 25.4 Å². The molecule has 0 heterocycles. The molecule has 0 amide bonds. The normalized spacial score (nSPS) is 14.9. The fourth-order valence-electron chi connectivity index (χ4n) is 9.82. The number of carbonyl (C=O) groups excluding carboxylic acids is 3. The second-order valence-electron chi connectivity index (χ2n) is 25.4. The molecule has 0 saturated heterocycles. The molecular formula is C83H138O16P2. The standard InChI is InChI=1S/C83H138O16P2/c1-4-7-10-13-16-19-22-25-28-31-34-35-36-37-38-39-40-41-44-46-48-51-54-57-60-63-66-69-81(86)93-72-78(84)73-95-100(89,90)96-74-79(85)75-97-101(91,92)98-77-80(99-83(88)71-68-65-62-59-56-53-50-47-43-33-30-27-24-21-18-15-12-9-6-3)76-94-82(87)70-67-64-61-58-55-52-49-45-42-32-29-26-23-20-17-14-11-8-5-2/h8,11,16-21,25-30,34-35,37-38,42-43,45,47,52,55,61,64,78-80,84-85H,4-7,9-10,12-15,22-24,31-33,36,39-41,44,46,48-51,53-54,56-60,62-63,65-77H2,1-3H3,(H,89,90)(H,91,92)/b11-8-,19-16-,20-17-,21-18-,28-25-,29-26-,30-27-,35-34-,38-37-,45-42-,47-43-,55-52-,64-61-. The molecule has 0 rings (SSSR count). The van der Waals surface area contributed by atoms with Gasteiger partial charge in [0.05, 0.1) is 26.4 Å². The summed E-state index contributed by atoms with van der Waals surface area (Å²) in [5, 5.41) is 20.6. The second-order valence-corrected chi connectivity index (χ2v) is 28.3. The van der Waals surface area contributed by atoms with Crippen LogP contribution in [0.5, 0.6) is 0 Å². The van der Waals surface area contributed by atoms with Gasteiger partial charge in [-0.15, -0.1) is 0 Å². The van der Waals surface area contributed by atoms with Gasteiger partial charge in [-0.3, -0.25) is 32.5 Å². The van der Waals surface area contributed by atoms with E-state index in [0.717, 1.165) is 135 Å². The van der Waals surface area contributed by atoms with Crippen LogP contribution in [0.15, 0.2) is 158 Å². The lowest BCUT2D eigenvalue weighted by atomic mass is 10.0. The molecule has 0 bridgehead atoms. The summed E-state index contributed by atoms with van der Waals surface area (Å²) in [6.07, 6.45) is 93.0. The molecule has 0 radical (unpaired) electrons. The summed E-state index contributed by atoms with van der Waals surface area (Å²) >= 11 is 0. The van der Waals surface area contributed by atoms with Crippen molar-refractivity contribution in [1.82, 2.24) is 0 Å². The average molecular weight is 1450 g/mol. The van der Waals surface area contributed by atoms with Crippen LogP contribution in [0.1, 0.15) is 290 Å². The molecule has 0 aromatic heterocycles. The third-order valence-electron chi connectivity index (χ3n) is 15.7. The molecule has 0 aromatic rings. The number of phosphoric ester groups is 2. The first-order valence-corrected chi connectivity index (χ1v) is 41.8. The van der Waals surface area contributed by atoms with Crippen LogP contribution >= 0.6 is 15.6 Å². The number of phosphoric acid groups is 2. The highest BCUT2D eigenvalue weighted by Gasteiger charge is 2.29. The number of ether oxygens (including phenoxy) is 3. The van der Waals surface area contributed by atoms with Crippen molar-refractivity contribution in [3.63, 3.8) is 0 Å². The zero-order valence-electron chi connectivity index (χ0n) is 62.8. The summed E-state index contributed by atoms with van der Waals surface area (Å²) in [5.74, 6) is -1.70. The highest BCUT2D eigenvalue weighted by Crippen LogP contribution is 2.45. The van der Waals surface area contributed by atoms with E-state index in [9.17, 15) is 43.5 Å². The van der Waals surface area contributed by atoms with Crippen LogP contribution in [0.2, 0.25) is 0 Å². The summed E-state index contributed by atoms with van der Waals surface area (Å²) in [7, 11) is -9.83. The van der Waals surface area contributed by atoms with Crippen molar-refractivity contribution in [2.24, 2.45) is 0 Å². The van der Waals surface area contributed by atoms with E-state index in [-0.39, 0.29) is 19.3 Å².